The summed E-state index contributed by atoms with van der Waals surface area (Å²) in [6, 6.07) is 0. The Morgan fingerprint density at radius 3 is 0.723 bits per heavy atom. The Labute approximate surface area is 511 Å². The number of carbonyl (C=O) groups is 3. The highest BCUT2D eigenvalue weighted by atomic mass is 16.6. The molecule has 0 aromatic carbocycles. The topological polar surface area (TPSA) is 78.9 Å². The lowest BCUT2D eigenvalue weighted by atomic mass is 10.0. The van der Waals surface area contributed by atoms with Gasteiger partial charge in [0.05, 0.1) is 0 Å². The van der Waals surface area contributed by atoms with Crippen LogP contribution in [0.1, 0.15) is 290 Å². The highest BCUT2D eigenvalue weighted by molar-refractivity contribution is 5.71. The van der Waals surface area contributed by atoms with Gasteiger partial charge in [-0.15, -0.1) is 0 Å². The smallest absolute Gasteiger partial charge is 0.306 e. The van der Waals surface area contributed by atoms with Gasteiger partial charge in [-0.1, -0.05) is 301 Å². The van der Waals surface area contributed by atoms with E-state index in [0.29, 0.717) is 19.3 Å². The van der Waals surface area contributed by atoms with Gasteiger partial charge in [0, 0.05) is 19.3 Å². The molecular formula is C77H124O6. The molecule has 6 heteroatoms. The van der Waals surface area contributed by atoms with Crippen molar-refractivity contribution < 1.29 is 28.6 Å². The molecular weight excluding hydrogens is 1020 g/mol. The first-order chi connectivity index (χ1) is 41.0. The number of unbranched alkanes of at least 4 members (excludes halogenated alkanes) is 23. The molecule has 0 aliphatic heterocycles. The molecule has 0 N–H and O–H groups in total. The summed E-state index contributed by atoms with van der Waals surface area (Å²) in [4.78, 5) is 38.3. The van der Waals surface area contributed by atoms with Gasteiger partial charge < -0.3 is 14.2 Å². The minimum Gasteiger partial charge on any atom is -0.462 e. The fourth-order valence-corrected chi connectivity index (χ4v) is 9.06. The van der Waals surface area contributed by atoms with Gasteiger partial charge in [-0.25, -0.2) is 0 Å². The van der Waals surface area contributed by atoms with Crippen LogP contribution in [0.2, 0.25) is 0 Å². The monoisotopic (exact) mass is 1140 g/mol. The zero-order chi connectivity index (χ0) is 59.9. The number of hydrogen-bond donors (Lipinski definition) is 0. The van der Waals surface area contributed by atoms with Gasteiger partial charge in [0.1, 0.15) is 13.2 Å². The molecule has 0 aromatic heterocycles. The van der Waals surface area contributed by atoms with Crippen LogP contribution in [0.5, 0.6) is 0 Å². The second kappa shape index (κ2) is 69.5. The highest BCUT2D eigenvalue weighted by Crippen LogP contribution is 2.16. The van der Waals surface area contributed by atoms with Gasteiger partial charge in [0.15, 0.2) is 6.10 Å². The van der Waals surface area contributed by atoms with E-state index in [1.54, 1.807) is 0 Å². The Morgan fingerprint density at radius 2 is 0.458 bits per heavy atom. The third-order valence-electron chi connectivity index (χ3n) is 14.0. The summed E-state index contributed by atoms with van der Waals surface area (Å²) in [5, 5.41) is 0. The van der Waals surface area contributed by atoms with Crippen molar-refractivity contribution in [2.45, 2.75) is 297 Å². The van der Waals surface area contributed by atoms with Crippen molar-refractivity contribution in [1.29, 1.82) is 0 Å². The molecule has 0 fully saturated rings. The van der Waals surface area contributed by atoms with E-state index >= 15 is 0 Å². The zero-order valence-corrected chi connectivity index (χ0v) is 53.7. The molecule has 0 aromatic rings. The summed E-state index contributed by atoms with van der Waals surface area (Å²) in [7, 11) is 0. The van der Waals surface area contributed by atoms with Crippen molar-refractivity contribution in [1.82, 2.24) is 0 Å². The molecule has 6 nitrogen and oxygen atoms in total. The number of esters is 3. The van der Waals surface area contributed by atoms with E-state index in [-0.39, 0.29) is 31.6 Å². The van der Waals surface area contributed by atoms with E-state index in [9.17, 15) is 14.4 Å². The number of hydrogen-bond acceptors (Lipinski definition) is 6. The standard InChI is InChI=1S/C77H124O6/c1-4-7-10-13-16-19-22-25-28-30-32-33-34-35-36-37-38-39-40-41-42-43-45-46-49-52-55-58-61-64-67-70-76(79)82-73-74(72-81-75(78)69-66-63-60-57-54-51-48-27-24-21-18-15-12-9-6-3)83-77(80)71-68-65-62-59-56-53-50-47-44-31-29-26-23-20-17-14-11-8-5-2/h7-12,16-21,25-29,32-33,44,47-48,53,56,62,65,74H,4-6,13-15,22-24,30-31,34-43,45-46,49-52,54-55,57-61,63-64,66-73H2,1-3H3/b10-7-,11-8-,12-9-,19-16-,20-17-,21-18-,28-25-,29-26-,33-32-,47-44-,48-27-,56-53-,65-62-. The summed E-state index contributed by atoms with van der Waals surface area (Å²) in [5.41, 5.74) is 0. The molecule has 0 bridgehead atoms. The molecule has 0 spiro atoms. The molecule has 0 heterocycles. The Hall–Kier alpha value is -4.97. The molecule has 1 unspecified atom stereocenters. The Kier molecular flexibility index (Phi) is 65.4. The molecule has 0 saturated heterocycles. The number of allylic oxidation sites excluding steroid dienone is 26. The minimum absolute atomic E-state index is 0.118. The minimum atomic E-state index is -0.833. The van der Waals surface area contributed by atoms with Gasteiger partial charge in [-0.2, -0.15) is 0 Å². The van der Waals surface area contributed by atoms with E-state index in [1.807, 2.05) is 6.08 Å². The summed E-state index contributed by atoms with van der Waals surface area (Å²) < 4.78 is 16.9. The average molecular weight is 1150 g/mol. The first-order valence-corrected chi connectivity index (χ1v) is 34.0. The van der Waals surface area contributed by atoms with Crippen LogP contribution >= 0.6 is 0 Å². The van der Waals surface area contributed by atoms with Crippen LogP contribution in [0.25, 0.3) is 0 Å². The molecule has 0 aliphatic carbocycles. The van der Waals surface area contributed by atoms with Crippen LogP contribution in [0, 0.1) is 0 Å². The Morgan fingerprint density at radius 1 is 0.241 bits per heavy atom. The summed E-state index contributed by atoms with van der Waals surface area (Å²) >= 11 is 0. The first-order valence-electron chi connectivity index (χ1n) is 34.0. The lowest BCUT2D eigenvalue weighted by molar-refractivity contribution is -0.166. The van der Waals surface area contributed by atoms with Gasteiger partial charge in [-0.05, 0) is 128 Å². The highest BCUT2D eigenvalue weighted by Gasteiger charge is 2.19. The Bertz CT molecular complexity index is 1840. The maximum absolute atomic E-state index is 12.9. The normalized spacial score (nSPS) is 13.1. The third-order valence-corrected chi connectivity index (χ3v) is 14.0. The largest absolute Gasteiger partial charge is 0.462 e. The predicted octanol–water partition coefficient (Wildman–Crippen LogP) is 23.7. The van der Waals surface area contributed by atoms with Gasteiger partial charge in [0.2, 0.25) is 0 Å². The molecule has 0 rings (SSSR count). The van der Waals surface area contributed by atoms with Crippen LogP contribution in [-0.4, -0.2) is 37.2 Å². The number of rotatable bonds is 60. The lowest BCUT2D eigenvalue weighted by Crippen LogP contribution is -2.30. The summed E-state index contributed by atoms with van der Waals surface area (Å²) in [5.74, 6) is -1.02. The van der Waals surface area contributed by atoms with Crippen LogP contribution in [0.15, 0.2) is 158 Å². The van der Waals surface area contributed by atoms with Crippen molar-refractivity contribution in [3.8, 4) is 0 Å². The predicted molar refractivity (Wildman–Crippen MR) is 362 cm³/mol. The van der Waals surface area contributed by atoms with E-state index < -0.39 is 12.1 Å². The van der Waals surface area contributed by atoms with Gasteiger partial charge >= 0.3 is 17.9 Å². The van der Waals surface area contributed by atoms with Crippen molar-refractivity contribution >= 4 is 17.9 Å². The second-order valence-electron chi connectivity index (χ2n) is 21.9. The quantitative estimate of drug-likeness (QED) is 0.0261. The van der Waals surface area contributed by atoms with Crippen LogP contribution < -0.4 is 0 Å². The average Bonchev–Trinajstić information content (AvgIpc) is 3.49. The van der Waals surface area contributed by atoms with Crippen LogP contribution in [0.4, 0.5) is 0 Å². The fourth-order valence-electron chi connectivity index (χ4n) is 9.06. The molecule has 0 amide bonds. The maximum Gasteiger partial charge on any atom is 0.306 e. The summed E-state index contributed by atoms with van der Waals surface area (Å²) in [6.45, 7) is 6.24. The number of ether oxygens (including phenoxy) is 3. The van der Waals surface area contributed by atoms with E-state index in [1.165, 1.54) is 103 Å². The molecule has 0 aliphatic rings. The molecule has 0 saturated carbocycles. The molecule has 468 valence electrons. The fraction of sp³-hybridized carbons (Fsp3) is 0.623. The Balaban J connectivity index is 4.35. The third kappa shape index (κ3) is 67.7. The van der Waals surface area contributed by atoms with Crippen molar-refractivity contribution in [3.05, 3.63) is 158 Å². The van der Waals surface area contributed by atoms with Crippen LogP contribution in [-0.2, 0) is 28.6 Å². The SMILES string of the molecule is CC/C=C\C/C=C\C/C=C\C/C=C\C/C=C\C/C=C\CCC(=O)OC(COC(=O)CCCCCCC/C=C\C/C=C\C/C=C\CC)COC(=O)CCCCCCCCCCCCCCCCCCCC/C=C\C/C=C\C/C=C\C/C=C\CC. The van der Waals surface area contributed by atoms with E-state index in [2.05, 4.69) is 173 Å². The molecule has 83 heavy (non-hydrogen) atoms. The summed E-state index contributed by atoms with van der Waals surface area (Å²) in [6.07, 6.45) is 101. The zero-order valence-electron chi connectivity index (χ0n) is 53.7. The molecule has 0 radical (unpaired) electrons. The van der Waals surface area contributed by atoms with Gasteiger partial charge in [0.25, 0.3) is 0 Å². The van der Waals surface area contributed by atoms with Crippen LogP contribution in [0.3, 0.4) is 0 Å². The van der Waals surface area contributed by atoms with Gasteiger partial charge in [-0.3, -0.25) is 14.4 Å². The second-order valence-corrected chi connectivity index (χ2v) is 21.9. The van der Waals surface area contributed by atoms with E-state index in [0.717, 1.165) is 141 Å². The van der Waals surface area contributed by atoms with Crippen molar-refractivity contribution in [2.24, 2.45) is 0 Å². The number of carbonyl (C=O) groups excluding carboxylic acids is 3. The van der Waals surface area contributed by atoms with Crippen molar-refractivity contribution in [3.63, 3.8) is 0 Å². The lowest BCUT2D eigenvalue weighted by Gasteiger charge is -2.18. The van der Waals surface area contributed by atoms with E-state index in [4.69, 9.17) is 14.2 Å². The maximum atomic E-state index is 12.9. The van der Waals surface area contributed by atoms with Crippen molar-refractivity contribution in [2.75, 3.05) is 13.2 Å². The molecule has 1 atom stereocenters. The first kappa shape index (κ1) is 78.0.